The summed E-state index contributed by atoms with van der Waals surface area (Å²) in [6.45, 7) is 6.73. The zero-order valence-electron chi connectivity index (χ0n) is 18.2. The maximum absolute atomic E-state index is 12.9. The van der Waals surface area contributed by atoms with Crippen molar-refractivity contribution < 1.29 is 15.0 Å². The summed E-state index contributed by atoms with van der Waals surface area (Å²) in [7, 11) is 0. The van der Waals surface area contributed by atoms with Crippen LogP contribution in [0.1, 0.15) is 48.3 Å². The first kappa shape index (κ1) is 21.3. The highest BCUT2D eigenvalue weighted by atomic mass is 16.3. The van der Waals surface area contributed by atoms with Gasteiger partial charge in [0.1, 0.15) is 11.6 Å². The number of anilines is 2. The number of aromatic nitrogens is 3. The molecule has 2 aromatic heterocycles. The van der Waals surface area contributed by atoms with Gasteiger partial charge in [0.2, 0.25) is 0 Å². The van der Waals surface area contributed by atoms with Gasteiger partial charge in [-0.25, -0.2) is 4.98 Å². The molecule has 0 bridgehead atoms. The predicted octanol–water partition coefficient (Wildman–Crippen LogP) is 2.52. The van der Waals surface area contributed by atoms with E-state index in [4.69, 9.17) is 0 Å². The number of nitrogens with zero attached hydrogens (tertiary/aromatic N) is 4. The maximum atomic E-state index is 12.9. The summed E-state index contributed by atoms with van der Waals surface area (Å²) in [5, 5.41) is 26.8. The lowest BCUT2D eigenvalue weighted by molar-refractivity contribution is 0.102. The van der Waals surface area contributed by atoms with Crippen molar-refractivity contribution in [3.63, 3.8) is 0 Å². The van der Waals surface area contributed by atoms with E-state index >= 15 is 0 Å². The average Bonchev–Trinajstić information content (AvgIpc) is 3.38. The van der Waals surface area contributed by atoms with E-state index < -0.39 is 0 Å². The minimum Gasteiger partial charge on any atom is -0.395 e. The van der Waals surface area contributed by atoms with E-state index in [1.807, 2.05) is 45.0 Å². The topological polar surface area (TPSA) is 103 Å². The number of aliphatic hydroxyl groups is 2. The summed E-state index contributed by atoms with van der Waals surface area (Å²) in [6, 6.07) is 11.0. The van der Waals surface area contributed by atoms with Crippen molar-refractivity contribution in [2.45, 2.75) is 45.1 Å². The van der Waals surface area contributed by atoms with Crippen molar-refractivity contribution in [2.75, 3.05) is 30.0 Å². The Morgan fingerprint density at radius 1 is 1.23 bits per heavy atom. The van der Waals surface area contributed by atoms with E-state index in [-0.39, 0.29) is 30.6 Å². The molecule has 0 aliphatic carbocycles. The van der Waals surface area contributed by atoms with Gasteiger partial charge in [-0.1, -0.05) is 26.0 Å². The van der Waals surface area contributed by atoms with E-state index in [0.29, 0.717) is 17.0 Å². The molecule has 8 heteroatoms. The molecular weight excluding hydrogens is 394 g/mol. The van der Waals surface area contributed by atoms with Crippen LogP contribution in [-0.4, -0.2) is 56.5 Å². The maximum Gasteiger partial charge on any atom is 0.256 e. The molecule has 1 aliphatic rings. The van der Waals surface area contributed by atoms with Crippen LogP contribution in [0.4, 0.5) is 11.6 Å². The molecule has 164 valence electrons. The molecule has 8 nitrogen and oxygen atoms in total. The van der Waals surface area contributed by atoms with Crippen molar-refractivity contribution in [2.24, 2.45) is 0 Å². The molecule has 1 atom stereocenters. The van der Waals surface area contributed by atoms with Gasteiger partial charge in [0.05, 0.1) is 24.9 Å². The van der Waals surface area contributed by atoms with Gasteiger partial charge >= 0.3 is 0 Å². The number of aliphatic hydroxyl groups excluding tert-OH is 2. The second-order valence-corrected chi connectivity index (χ2v) is 8.80. The van der Waals surface area contributed by atoms with Gasteiger partial charge in [-0.05, 0) is 37.5 Å². The zero-order chi connectivity index (χ0) is 22.2. The molecule has 0 spiro atoms. The highest BCUT2D eigenvalue weighted by Crippen LogP contribution is 2.28. The number of hydrogen-bond acceptors (Lipinski definition) is 6. The molecule has 4 rings (SSSR count). The third-order valence-electron chi connectivity index (χ3n) is 5.98. The zero-order valence-corrected chi connectivity index (χ0v) is 18.2. The quantitative estimate of drug-likeness (QED) is 0.563. The standard InChI is InChI=1S/C23H29N5O3/c1-15-11-20-24-19(12-21(28(20)26-15)27-10-4-5-18(27)13-29)25-22(31)16-6-8-17(9-7-16)23(2,3)14-30/h6-9,11-12,18,29-30H,4-5,10,13-14H2,1-3H3,(H,24,25,31). The Kier molecular flexibility index (Phi) is 5.68. The van der Waals surface area contributed by atoms with E-state index in [9.17, 15) is 15.0 Å². The van der Waals surface area contributed by atoms with Crippen LogP contribution >= 0.6 is 0 Å². The van der Waals surface area contributed by atoms with Crippen molar-refractivity contribution in [3.05, 3.63) is 53.2 Å². The third-order valence-corrected chi connectivity index (χ3v) is 5.98. The van der Waals surface area contributed by atoms with E-state index in [1.54, 1.807) is 16.6 Å². The summed E-state index contributed by atoms with van der Waals surface area (Å²) in [4.78, 5) is 19.6. The van der Waals surface area contributed by atoms with Crippen molar-refractivity contribution >= 4 is 23.2 Å². The first-order valence-corrected chi connectivity index (χ1v) is 10.6. The molecular formula is C23H29N5O3. The largest absolute Gasteiger partial charge is 0.395 e. The molecule has 3 heterocycles. The Labute approximate surface area is 181 Å². The van der Waals surface area contributed by atoms with E-state index in [1.165, 1.54) is 0 Å². The fraction of sp³-hybridized carbons (Fsp3) is 0.435. The number of carbonyl (C=O) groups excluding carboxylic acids is 1. The summed E-state index contributed by atoms with van der Waals surface area (Å²) in [5.41, 5.74) is 2.59. The summed E-state index contributed by atoms with van der Waals surface area (Å²) in [5.74, 6) is 0.994. The van der Waals surface area contributed by atoms with Crippen molar-refractivity contribution in [3.8, 4) is 0 Å². The molecule has 0 saturated carbocycles. The molecule has 3 aromatic rings. The van der Waals surface area contributed by atoms with Crippen molar-refractivity contribution in [1.29, 1.82) is 0 Å². The second-order valence-electron chi connectivity index (χ2n) is 8.80. The molecule has 1 saturated heterocycles. The SMILES string of the molecule is Cc1cc2nc(NC(=O)c3ccc(C(C)(C)CO)cc3)cc(N3CCCC3CO)n2n1. The number of nitrogens with one attached hydrogen (secondary N) is 1. The van der Waals surface area contributed by atoms with Crippen molar-refractivity contribution in [1.82, 2.24) is 14.6 Å². The van der Waals surface area contributed by atoms with E-state index in [0.717, 1.165) is 36.5 Å². The number of fused-ring (bicyclic) bond motifs is 1. The summed E-state index contributed by atoms with van der Waals surface area (Å²) >= 11 is 0. The molecule has 1 amide bonds. The lowest BCUT2D eigenvalue weighted by Gasteiger charge is -2.26. The molecule has 1 fully saturated rings. The smallest absolute Gasteiger partial charge is 0.256 e. The lowest BCUT2D eigenvalue weighted by atomic mass is 9.85. The Morgan fingerprint density at radius 3 is 2.65 bits per heavy atom. The van der Waals surface area contributed by atoms with Crippen LogP contribution in [0.5, 0.6) is 0 Å². The van der Waals surface area contributed by atoms with E-state index in [2.05, 4.69) is 20.3 Å². The van der Waals surface area contributed by atoms with Crippen LogP contribution in [0.2, 0.25) is 0 Å². The van der Waals surface area contributed by atoms with Gasteiger partial charge in [0.25, 0.3) is 5.91 Å². The fourth-order valence-electron chi connectivity index (χ4n) is 4.02. The molecule has 31 heavy (non-hydrogen) atoms. The molecule has 3 N–H and O–H groups in total. The van der Waals surface area contributed by atoms with Gasteiger partial charge in [-0.2, -0.15) is 9.61 Å². The monoisotopic (exact) mass is 423 g/mol. The van der Waals surface area contributed by atoms with Crippen LogP contribution in [0.3, 0.4) is 0 Å². The number of benzene rings is 1. The number of rotatable bonds is 6. The highest BCUT2D eigenvalue weighted by molar-refractivity contribution is 6.04. The van der Waals surface area contributed by atoms with Crippen LogP contribution in [0, 0.1) is 6.92 Å². The molecule has 1 aliphatic heterocycles. The Bertz CT molecular complexity index is 1090. The molecule has 1 aromatic carbocycles. The van der Waals surface area contributed by atoms with Gasteiger partial charge in [0, 0.05) is 29.7 Å². The molecule has 0 radical (unpaired) electrons. The fourth-order valence-corrected chi connectivity index (χ4v) is 4.02. The first-order chi connectivity index (χ1) is 14.8. The summed E-state index contributed by atoms with van der Waals surface area (Å²) < 4.78 is 1.77. The number of carbonyl (C=O) groups is 1. The number of aryl methyl sites for hydroxylation is 1. The third kappa shape index (κ3) is 4.13. The van der Waals surface area contributed by atoms with Crippen LogP contribution < -0.4 is 10.2 Å². The Hall–Kier alpha value is -2.97. The number of amides is 1. The number of hydrogen-bond donors (Lipinski definition) is 3. The Balaban J connectivity index is 1.63. The predicted molar refractivity (Wildman–Crippen MR) is 120 cm³/mol. The average molecular weight is 424 g/mol. The van der Waals surface area contributed by atoms with Crippen LogP contribution in [-0.2, 0) is 5.41 Å². The normalized spacial score (nSPS) is 16.8. The highest BCUT2D eigenvalue weighted by Gasteiger charge is 2.27. The second kappa shape index (κ2) is 8.28. The van der Waals surface area contributed by atoms with Gasteiger partial charge < -0.3 is 20.4 Å². The molecule has 1 unspecified atom stereocenters. The van der Waals surface area contributed by atoms with Gasteiger partial charge in [0.15, 0.2) is 5.65 Å². The lowest BCUT2D eigenvalue weighted by Crippen LogP contribution is -2.33. The summed E-state index contributed by atoms with van der Waals surface area (Å²) in [6.07, 6.45) is 1.91. The minimum atomic E-state index is -0.366. The van der Waals surface area contributed by atoms with Gasteiger partial charge in [-0.3, -0.25) is 4.79 Å². The Morgan fingerprint density at radius 2 is 1.97 bits per heavy atom. The van der Waals surface area contributed by atoms with Crippen LogP contribution in [0.25, 0.3) is 5.65 Å². The van der Waals surface area contributed by atoms with Crippen LogP contribution in [0.15, 0.2) is 36.4 Å². The minimum absolute atomic E-state index is 0.0288. The first-order valence-electron chi connectivity index (χ1n) is 10.6. The van der Waals surface area contributed by atoms with Gasteiger partial charge in [-0.15, -0.1) is 0 Å².